The second kappa shape index (κ2) is 6.80. The Labute approximate surface area is 119 Å². The first kappa shape index (κ1) is 14.2. The highest BCUT2D eigenvalue weighted by Gasteiger charge is 2.13. The summed E-state index contributed by atoms with van der Waals surface area (Å²) in [5.41, 5.74) is 1.02. The first-order valence-electron chi connectivity index (χ1n) is 6.63. The molecule has 4 nitrogen and oxygen atoms in total. The summed E-state index contributed by atoms with van der Waals surface area (Å²) in [7, 11) is 1.78. The second-order valence-corrected chi connectivity index (χ2v) is 4.56. The number of likely N-dealkylation sites (N-methyl/N-ethyl adjacent to an activating group) is 1. The van der Waals surface area contributed by atoms with Gasteiger partial charge in [-0.05, 0) is 24.6 Å². The lowest BCUT2D eigenvalue weighted by Gasteiger charge is -2.20. The molecule has 0 fully saturated rings. The number of allylic oxidation sites excluding steroid dienone is 3. The topological polar surface area (TPSA) is 38.8 Å². The summed E-state index contributed by atoms with van der Waals surface area (Å²) >= 11 is 0. The number of benzene rings is 1. The van der Waals surface area contributed by atoms with Gasteiger partial charge in [0.1, 0.15) is 13.2 Å². The zero-order chi connectivity index (χ0) is 14.4. The number of hydrogen-bond acceptors (Lipinski definition) is 3. The number of amides is 1. The van der Waals surface area contributed by atoms with E-state index in [9.17, 15) is 4.79 Å². The smallest absolute Gasteiger partial charge is 0.246 e. The van der Waals surface area contributed by atoms with Crippen molar-refractivity contribution in [3.8, 4) is 11.5 Å². The number of carbonyl (C=O) groups is 1. The summed E-state index contributed by atoms with van der Waals surface area (Å²) in [5.74, 6) is 1.49. The van der Waals surface area contributed by atoms with Crippen molar-refractivity contribution in [3.63, 3.8) is 0 Å². The zero-order valence-electron chi connectivity index (χ0n) is 11.8. The summed E-state index contributed by atoms with van der Waals surface area (Å²) in [5, 5.41) is 0. The lowest BCUT2D eigenvalue weighted by Crippen LogP contribution is -2.24. The fraction of sp³-hybridized carbons (Fsp3) is 0.312. The molecule has 2 rings (SSSR count). The minimum Gasteiger partial charge on any atom is -0.486 e. The fourth-order valence-electron chi connectivity index (χ4n) is 1.91. The summed E-state index contributed by atoms with van der Waals surface area (Å²) in [6, 6.07) is 5.76. The van der Waals surface area contributed by atoms with Gasteiger partial charge in [0.2, 0.25) is 5.91 Å². The maximum atomic E-state index is 11.9. The van der Waals surface area contributed by atoms with E-state index in [0.717, 1.165) is 17.1 Å². The highest BCUT2D eigenvalue weighted by molar-refractivity contribution is 5.87. The quantitative estimate of drug-likeness (QED) is 0.625. The van der Waals surface area contributed by atoms with E-state index in [0.29, 0.717) is 19.8 Å². The van der Waals surface area contributed by atoms with Crippen LogP contribution < -0.4 is 9.47 Å². The Morgan fingerprint density at radius 1 is 1.25 bits per heavy atom. The molecule has 0 spiro atoms. The zero-order valence-corrected chi connectivity index (χ0v) is 11.8. The van der Waals surface area contributed by atoms with E-state index in [1.54, 1.807) is 24.1 Å². The van der Waals surface area contributed by atoms with Gasteiger partial charge >= 0.3 is 0 Å². The Kier molecular flexibility index (Phi) is 4.82. The van der Waals surface area contributed by atoms with Crippen LogP contribution in [0.4, 0.5) is 0 Å². The van der Waals surface area contributed by atoms with Crippen molar-refractivity contribution in [3.05, 3.63) is 48.1 Å². The molecule has 0 saturated heterocycles. The largest absolute Gasteiger partial charge is 0.486 e. The average molecular weight is 273 g/mol. The molecule has 4 heteroatoms. The van der Waals surface area contributed by atoms with E-state index in [1.165, 1.54) is 0 Å². The van der Waals surface area contributed by atoms with Crippen LogP contribution in [0.2, 0.25) is 0 Å². The molecule has 0 bridgehead atoms. The van der Waals surface area contributed by atoms with Crippen LogP contribution in [-0.4, -0.2) is 31.1 Å². The molecule has 1 aliphatic rings. The number of fused-ring (bicyclic) bond motifs is 1. The van der Waals surface area contributed by atoms with Crippen molar-refractivity contribution < 1.29 is 14.3 Å². The Balaban J connectivity index is 2.00. The summed E-state index contributed by atoms with van der Waals surface area (Å²) in [6.07, 6.45) is 7.00. The average Bonchev–Trinajstić information content (AvgIpc) is 2.47. The number of hydrogen-bond donors (Lipinski definition) is 0. The van der Waals surface area contributed by atoms with E-state index < -0.39 is 0 Å². The van der Waals surface area contributed by atoms with Crippen molar-refractivity contribution in [2.75, 3.05) is 20.3 Å². The summed E-state index contributed by atoms with van der Waals surface area (Å²) in [6.45, 7) is 3.60. The van der Waals surface area contributed by atoms with E-state index >= 15 is 0 Å². The SMILES string of the molecule is C/C=C/C=C/C(=O)N(C)Cc1ccc2c(c1)OCCO2. The van der Waals surface area contributed by atoms with E-state index in [-0.39, 0.29) is 5.91 Å². The molecule has 0 radical (unpaired) electrons. The van der Waals surface area contributed by atoms with Gasteiger partial charge in [-0.25, -0.2) is 0 Å². The minimum atomic E-state index is -0.0296. The third-order valence-corrected chi connectivity index (χ3v) is 2.94. The first-order valence-corrected chi connectivity index (χ1v) is 6.63. The lowest BCUT2D eigenvalue weighted by atomic mass is 10.2. The van der Waals surface area contributed by atoms with Crippen LogP contribution in [0.3, 0.4) is 0 Å². The van der Waals surface area contributed by atoms with Crippen molar-refractivity contribution >= 4 is 5.91 Å². The van der Waals surface area contributed by atoms with Crippen LogP contribution in [0.25, 0.3) is 0 Å². The monoisotopic (exact) mass is 273 g/mol. The van der Waals surface area contributed by atoms with Gasteiger partial charge in [-0.3, -0.25) is 4.79 Å². The van der Waals surface area contributed by atoms with Gasteiger partial charge in [-0.15, -0.1) is 0 Å². The highest BCUT2D eigenvalue weighted by Crippen LogP contribution is 2.30. The molecule has 0 unspecified atom stereocenters. The molecular weight excluding hydrogens is 254 g/mol. The van der Waals surface area contributed by atoms with E-state index in [1.807, 2.05) is 37.3 Å². The predicted molar refractivity (Wildman–Crippen MR) is 77.9 cm³/mol. The molecule has 1 heterocycles. The molecule has 1 amide bonds. The summed E-state index contributed by atoms with van der Waals surface area (Å²) < 4.78 is 11.0. The van der Waals surface area contributed by atoms with Crippen molar-refractivity contribution in [1.82, 2.24) is 4.90 Å². The molecule has 1 aliphatic heterocycles. The fourth-order valence-corrected chi connectivity index (χ4v) is 1.91. The van der Waals surface area contributed by atoms with Crippen molar-refractivity contribution in [1.29, 1.82) is 0 Å². The van der Waals surface area contributed by atoms with Gasteiger partial charge in [0, 0.05) is 19.7 Å². The Morgan fingerprint density at radius 3 is 2.75 bits per heavy atom. The van der Waals surface area contributed by atoms with E-state index in [2.05, 4.69) is 0 Å². The Hall–Kier alpha value is -2.23. The number of rotatable bonds is 4. The third kappa shape index (κ3) is 3.63. The minimum absolute atomic E-state index is 0.0296. The van der Waals surface area contributed by atoms with Crippen LogP contribution in [0, 0.1) is 0 Å². The van der Waals surface area contributed by atoms with Crippen molar-refractivity contribution in [2.45, 2.75) is 13.5 Å². The van der Waals surface area contributed by atoms with Gasteiger partial charge < -0.3 is 14.4 Å². The van der Waals surface area contributed by atoms with Crippen LogP contribution in [0.1, 0.15) is 12.5 Å². The molecule has 0 saturated carbocycles. The predicted octanol–water partition coefficient (Wildman–Crippen LogP) is 2.55. The molecule has 0 N–H and O–H groups in total. The lowest BCUT2D eigenvalue weighted by molar-refractivity contribution is -0.125. The second-order valence-electron chi connectivity index (χ2n) is 4.56. The number of ether oxygens (including phenoxy) is 2. The Morgan fingerprint density at radius 2 is 2.00 bits per heavy atom. The third-order valence-electron chi connectivity index (χ3n) is 2.94. The first-order chi connectivity index (χ1) is 9.70. The highest BCUT2D eigenvalue weighted by atomic mass is 16.6. The Bertz CT molecular complexity index is 535. The van der Waals surface area contributed by atoms with E-state index in [4.69, 9.17) is 9.47 Å². The maximum absolute atomic E-state index is 11.9. The molecule has 106 valence electrons. The molecular formula is C16H19NO3. The normalized spacial score (nSPS) is 13.9. The number of nitrogens with zero attached hydrogens (tertiary/aromatic N) is 1. The number of carbonyl (C=O) groups excluding carboxylic acids is 1. The van der Waals surface area contributed by atoms with Crippen LogP contribution in [-0.2, 0) is 11.3 Å². The van der Waals surface area contributed by atoms with Crippen molar-refractivity contribution in [2.24, 2.45) is 0 Å². The van der Waals surface area contributed by atoms with Gasteiger partial charge in [-0.2, -0.15) is 0 Å². The molecule has 1 aromatic carbocycles. The standard InChI is InChI=1S/C16H19NO3/c1-3-4-5-6-16(18)17(2)12-13-7-8-14-15(11-13)20-10-9-19-14/h3-8,11H,9-10,12H2,1-2H3/b4-3+,6-5+. The van der Waals surface area contributed by atoms with Gasteiger partial charge in [-0.1, -0.05) is 24.3 Å². The van der Waals surface area contributed by atoms with Crippen LogP contribution in [0.5, 0.6) is 11.5 Å². The maximum Gasteiger partial charge on any atom is 0.246 e. The molecule has 20 heavy (non-hydrogen) atoms. The van der Waals surface area contributed by atoms with Gasteiger partial charge in [0.25, 0.3) is 0 Å². The molecule has 0 atom stereocenters. The van der Waals surface area contributed by atoms with Gasteiger partial charge in [0.15, 0.2) is 11.5 Å². The molecule has 0 aliphatic carbocycles. The molecule has 1 aromatic rings. The molecule has 0 aromatic heterocycles. The summed E-state index contributed by atoms with van der Waals surface area (Å²) in [4.78, 5) is 13.5. The van der Waals surface area contributed by atoms with Crippen LogP contribution >= 0.6 is 0 Å². The van der Waals surface area contributed by atoms with Gasteiger partial charge in [0.05, 0.1) is 0 Å². The van der Waals surface area contributed by atoms with Crippen LogP contribution in [0.15, 0.2) is 42.5 Å².